The van der Waals surface area contributed by atoms with Crippen LogP contribution in [0, 0.1) is 5.41 Å². The SMILES string of the molecule is CC(C)(C)Cc1c[nH]c2ncc(C3=C(c4ccccc4)CCC3)nc12. The Balaban J connectivity index is 1.80. The van der Waals surface area contributed by atoms with Crippen LogP contribution in [0.2, 0.25) is 0 Å². The van der Waals surface area contributed by atoms with E-state index in [2.05, 4.69) is 67.3 Å². The predicted molar refractivity (Wildman–Crippen MR) is 104 cm³/mol. The quantitative estimate of drug-likeness (QED) is 0.674. The molecule has 0 atom stereocenters. The summed E-state index contributed by atoms with van der Waals surface area (Å²) in [4.78, 5) is 13.0. The van der Waals surface area contributed by atoms with Gasteiger partial charge in [0.15, 0.2) is 5.65 Å². The first-order valence-electron chi connectivity index (χ1n) is 9.12. The second-order valence-corrected chi connectivity index (χ2v) is 8.18. The fourth-order valence-electron chi connectivity index (χ4n) is 3.78. The minimum Gasteiger partial charge on any atom is -0.345 e. The summed E-state index contributed by atoms with van der Waals surface area (Å²) in [6, 6.07) is 10.7. The highest BCUT2D eigenvalue weighted by atomic mass is 14.9. The van der Waals surface area contributed by atoms with Gasteiger partial charge >= 0.3 is 0 Å². The van der Waals surface area contributed by atoms with Gasteiger partial charge in [-0.2, -0.15) is 0 Å². The lowest BCUT2D eigenvalue weighted by Crippen LogP contribution is -2.09. The van der Waals surface area contributed by atoms with Gasteiger partial charge in [0.2, 0.25) is 0 Å². The normalized spacial score (nSPS) is 15.3. The summed E-state index contributed by atoms with van der Waals surface area (Å²) in [5.74, 6) is 0. The molecule has 1 aliphatic carbocycles. The minimum atomic E-state index is 0.231. The molecule has 0 radical (unpaired) electrons. The molecule has 0 unspecified atom stereocenters. The van der Waals surface area contributed by atoms with Crippen molar-refractivity contribution in [1.82, 2.24) is 15.0 Å². The molecule has 3 aromatic rings. The topological polar surface area (TPSA) is 41.6 Å². The lowest BCUT2D eigenvalue weighted by Gasteiger charge is -2.17. The Morgan fingerprint density at radius 3 is 2.56 bits per heavy atom. The monoisotopic (exact) mass is 331 g/mol. The number of hydrogen-bond acceptors (Lipinski definition) is 2. The largest absolute Gasteiger partial charge is 0.345 e. The average Bonchev–Trinajstić information content (AvgIpc) is 3.21. The van der Waals surface area contributed by atoms with Gasteiger partial charge in [-0.25, -0.2) is 9.97 Å². The van der Waals surface area contributed by atoms with Crippen LogP contribution >= 0.6 is 0 Å². The molecule has 3 nitrogen and oxygen atoms in total. The van der Waals surface area contributed by atoms with Crippen molar-refractivity contribution >= 4 is 22.3 Å². The van der Waals surface area contributed by atoms with Gasteiger partial charge in [-0.15, -0.1) is 0 Å². The molecule has 25 heavy (non-hydrogen) atoms. The number of H-pyrrole nitrogens is 1. The van der Waals surface area contributed by atoms with E-state index in [0.717, 1.165) is 36.1 Å². The number of allylic oxidation sites excluding steroid dienone is 2. The molecule has 1 aliphatic rings. The molecule has 1 aromatic carbocycles. The summed E-state index contributed by atoms with van der Waals surface area (Å²) < 4.78 is 0. The van der Waals surface area contributed by atoms with Crippen LogP contribution in [-0.4, -0.2) is 15.0 Å². The van der Waals surface area contributed by atoms with Gasteiger partial charge in [-0.05, 0) is 53.4 Å². The zero-order valence-electron chi connectivity index (χ0n) is 15.3. The van der Waals surface area contributed by atoms with Crippen LogP contribution in [0.25, 0.3) is 22.3 Å². The average molecular weight is 331 g/mol. The van der Waals surface area contributed by atoms with Crippen molar-refractivity contribution in [3.8, 4) is 0 Å². The summed E-state index contributed by atoms with van der Waals surface area (Å²) in [5, 5.41) is 0. The Hall–Kier alpha value is -2.42. The lowest BCUT2D eigenvalue weighted by atomic mass is 9.89. The maximum Gasteiger partial charge on any atom is 0.156 e. The molecule has 0 fully saturated rings. The lowest BCUT2D eigenvalue weighted by molar-refractivity contribution is 0.412. The smallest absolute Gasteiger partial charge is 0.156 e. The molecule has 1 N–H and O–H groups in total. The van der Waals surface area contributed by atoms with Gasteiger partial charge in [0.1, 0.15) is 5.52 Å². The number of rotatable bonds is 3. The molecule has 3 heteroatoms. The van der Waals surface area contributed by atoms with E-state index in [1.807, 2.05) is 6.20 Å². The zero-order chi connectivity index (χ0) is 17.4. The summed E-state index contributed by atoms with van der Waals surface area (Å²) >= 11 is 0. The molecule has 2 aromatic heterocycles. The Bertz CT molecular complexity index is 927. The molecule has 4 rings (SSSR count). The Morgan fingerprint density at radius 1 is 1.04 bits per heavy atom. The highest BCUT2D eigenvalue weighted by molar-refractivity contribution is 5.92. The number of fused-ring (bicyclic) bond motifs is 1. The Kier molecular flexibility index (Phi) is 3.95. The summed E-state index contributed by atoms with van der Waals surface area (Å²) in [5.41, 5.74) is 8.57. The first-order valence-corrected chi connectivity index (χ1v) is 9.12. The highest BCUT2D eigenvalue weighted by Crippen LogP contribution is 2.39. The Morgan fingerprint density at radius 2 is 1.80 bits per heavy atom. The summed E-state index contributed by atoms with van der Waals surface area (Å²) in [7, 11) is 0. The van der Waals surface area contributed by atoms with Gasteiger partial charge in [-0.1, -0.05) is 51.1 Å². The number of nitrogens with one attached hydrogen (secondary N) is 1. The van der Waals surface area contributed by atoms with Crippen molar-refractivity contribution in [2.75, 3.05) is 0 Å². The molecule has 0 bridgehead atoms. The first kappa shape index (κ1) is 16.1. The third kappa shape index (κ3) is 3.23. The van der Waals surface area contributed by atoms with Gasteiger partial charge in [-0.3, -0.25) is 0 Å². The molecule has 0 saturated heterocycles. The van der Waals surface area contributed by atoms with Crippen molar-refractivity contribution in [2.24, 2.45) is 5.41 Å². The van der Waals surface area contributed by atoms with Crippen LogP contribution in [0.3, 0.4) is 0 Å². The van der Waals surface area contributed by atoms with Crippen molar-refractivity contribution in [1.29, 1.82) is 0 Å². The second kappa shape index (κ2) is 6.14. The molecule has 0 saturated carbocycles. The number of hydrogen-bond donors (Lipinski definition) is 1. The van der Waals surface area contributed by atoms with Crippen LogP contribution in [0.15, 0.2) is 42.7 Å². The van der Waals surface area contributed by atoms with E-state index in [-0.39, 0.29) is 5.41 Å². The second-order valence-electron chi connectivity index (χ2n) is 8.18. The fourth-order valence-corrected chi connectivity index (χ4v) is 3.78. The third-order valence-electron chi connectivity index (χ3n) is 4.83. The molecular weight excluding hydrogens is 306 g/mol. The fraction of sp³-hybridized carbons (Fsp3) is 0.364. The van der Waals surface area contributed by atoms with Gasteiger partial charge in [0.25, 0.3) is 0 Å². The molecule has 0 spiro atoms. The Labute approximate surface area is 149 Å². The zero-order valence-corrected chi connectivity index (χ0v) is 15.3. The van der Waals surface area contributed by atoms with Crippen LogP contribution in [0.1, 0.15) is 56.9 Å². The number of aromatic amines is 1. The van der Waals surface area contributed by atoms with Gasteiger partial charge < -0.3 is 4.98 Å². The van der Waals surface area contributed by atoms with E-state index in [0.29, 0.717) is 0 Å². The van der Waals surface area contributed by atoms with Crippen LogP contribution in [-0.2, 0) is 6.42 Å². The maximum atomic E-state index is 5.03. The van der Waals surface area contributed by atoms with Crippen molar-refractivity contribution in [3.63, 3.8) is 0 Å². The predicted octanol–water partition coefficient (Wildman–Crippen LogP) is 5.64. The van der Waals surface area contributed by atoms with Crippen LogP contribution in [0.4, 0.5) is 0 Å². The minimum absolute atomic E-state index is 0.231. The molecule has 128 valence electrons. The van der Waals surface area contributed by atoms with E-state index < -0.39 is 0 Å². The van der Waals surface area contributed by atoms with Crippen molar-refractivity contribution < 1.29 is 0 Å². The van der Waals surface area contributed by atoms with E-state index >= 15 is 0 Å². The summed E-state index contributed by atoms with van der Waals surface area (Å²) in [6.45, 7) is 6.78. The molecule has 0 amide bonds. The first-order chi connectivity index (χ1) is 12.0. The van der Waals surface area contributed by atoms with Crippen LogP contribution < -0.4 is 0 Å². The van der Waals surface area contributed by atoms with Gasteiger partial charge in [0, 0.05) is 6.20 Å². The van der Waals surface area contributed by atoms with Crippen molar-refractivity contribution in [3.05, 3.63) is 59.5 Å². The maximum absolute atomic E-state index is 5.03. The standard InChI is InChI=1S/C22H25N3/c1-22(2,3)12-16-13-23-21-20(16)25-19(14-24-21)18-11-7-10-17(18)15-8-5-4-6-9-15/h4-6,8-9,13-14H,7,10-12H2,1-3H3,(H,23,24). The van der Waals surface area contributed by atoms with E-state index in [1.165, 1.54) is 28.7 Å². The van der Waals surface area contributed by atoms with E-state index in [4.69, 9.17) is 4.98 Å². The van der Waals surface area contributed by atoms with E-state index in [1.54, 1.807) is 0 Å². The van der Waals surface area contributed by atoms with Gasteiger partial charge in [0.05, 0.1) is 11.9 Å². The number of benzene rings is 1. The van der Waals surface area contributed by atoms with E-state index in [9.17, 15) is 0 Å². The van der Waals surface area contributed by atoms with Crippen molar-refractivity contribution in [2.45, 2.75) is 46.5 Å². The summed E-state index contributed by atoms with van der Waals surface area (Å²) in [6.07, 6.45) is 8.41. The highest BCUT2D eigenvalue weighted by Gasteiger charge is 2.21. The third-order valence-corrected chi connectivity index (χ3v) is 4.83. The van der Waals surface area contributed by atoms with Crippen LogP contribution in [0.5, 0.6) is 0 Å². The molecule has 0 aliphatic heterocycles. The molecular formula is C22H25N3. The number of nitrogens with zero attached hydrogens (tertiary/aromatic N) is 2. The number of aromatic nitrogens is 3. The molecule has 2 heterocycles.